The molecular weight excluding hydrogens is 416 g/mol. The molecule has 3 rings (SSSR count). The Morgan fingerprint density at radius 1 is 1.21 bits per heavy atom. The van der Waals surface area contributed by atoms with E-state index >= 15 is 0 Å². The Morgan fingerprint density at radius 3 is 2.55 bits per heavy atom. The number of carbonyl (C=O) groups excluding carboxylic acids is 2. The summed E-state index contributed by atoms with van der Waals surface area (Å²) >= 11 is 2.77. The Bertz CT molecular complexity index is 938. The van der Waals surface area contributed by atoms with E-state index in [9.17, 15) is 19.8 Å². The fourth-order valence-electron chi connectivity index (χ4n) is 3.20. The monoisotopic (exact) mass is 438 g/mol. The van der Waals surface area contributed by atoms with Gasteiger partial charge in [-0.05, 0) is 18.6 Å². The quantitative estimate of drug-likeness (QED) is 0.424. The van der Waals surface area contributed by atoms with E-state index < -0.39 is 36.4 Å². The molecule has 1 aliphatic heterocycles. The summed E-state index contributed by atoms with van der Waals surface area (Å²) in [6.07, 6.45) is 0.948. The van der Waals surface area contributed by atoms with Crippen molar-refractivity contribution in [3.8, 4) is 0 Å². The summed E-state index contributed by atoms with van der Waals surface area (Å²) in [5.41, 5.74) is 1.03. The van der Waals surface area contributed by atoms with E-state index in [-0.39, 0.29) is 6.61 Å². The van der Waals surface area contributed by atoms with Crippen molar-refractivity contribution in [1.82, 2.24) is 4.57 Å². The van der Waals surface area contributed by atoms with Crippen molar-refractivity contribution in [2.24, 2.45) is 4.99 Å². The van der Waals surface area contributed by atoms with Crippen LogP contribution >= 0.6 is 23.5 Å². The summed E-state index contributed by atoms with van der Waals surface area (Å²) in [4.78, 5) is 28.0. The topological polar surface area (TPSA) is 110 Å². The molecule has 29 heavy (non-hydrogen) atoms. The predicted molar refractivity (Wildman–Crippen MR) is 113 cm³/mol. The second-order valence-corrected chi connectivity index (χ2v) is 8.26. The van der Waals surface area contributed by atoms with Gasteiger partial charge in [0.15, 0.2) is 6.23 Å². The molecule has 2 aromatic rings. The molecule has 0 bridgehead atoms. The molecule has 0 saturated carbocycles. The normalized spacial score (nSPS) is 23.9. The number of hydrogen-bond donors (Lipinski definition) is 2. The highest BCUT2D eigenvalue weighted by atomic mass is 32.2. The van der Waals surface area contributed by atoms with Gasteiger partial charge in [0.2, 0.25) is 0 Å². The molecule has 10 heteroatoms. The summed E-state index contributed by atoms with van der Waals surface area (Å²) in [5.74, 6) is -0.905. The van der Waals surface area contributed by atoms with Gasteiger partial charge < -0.3 is 24.3 Å². The van der Waals surface area contributed by atoms with Crippen LogP contribution in [0.15, 0.2) is 35.5 Å². The summed E-state index contributed by atoms with van der Waals surface area (Å²) in [6.45, 7) is 1.08. The van der Waals surface area contributed by atoms with Crippen LogP contribution in [-0.4, -0.2) is 68.5 Å². The predicted octanol–water partition coefficient (Wildman–Crippen LogP) is 2.05. The first-order chi connectivity index (χ1) is 13.9. The molecular formula is C19H22N2O6S2. The number of thioether (sulfide) groups is 2. The van der Waals surface area contributed by atoms with Gasteiger partial charge in [-0.3, -0.25) is 9.59 Å². The standard InChI is InChI=1S/C19H22N2O6S2/c1-10(22)26-9-14-15(23)16(24)18(27-14)21-8-12(11-6-4-5-7-13(11)21)17(25)20-19(28-2)29-3/h4-8,14-16,18,23-24H,9H2,1-3H3. The molecule has 1 saturated heterocycles. The summed E-state index contributed by atoms with van der Waals surface area (Å²) in [7, 11) is 0. The van der Waals surface area contributed by atoms with Gasteiger partial charge in [-0.2, -0.15) is 4.99 Å². The fraction of sp³-hybridized carbons (Fsp3) is 0.421. The average Bonchev–Trinajstić information content (AvgIpc) is 3.23. The van der Waals surface area contributed by atoms with Gasteiger partial charge in [-0.1, -0.05) is 18.2 Å². The zero-order valence-corrected chi connectivity index (χ0v) is 17.8. The van der Waals surface area contributed by atoms with Gasteiger partial charge in [-0.25, -0.2) is 0 Å². The van der Waals surface area contributed by atoms with Crippen LogP contribution in [0.4, 0.5) is 0 Å². The molecule has 1 aliphatic rings. The molecule has 0 aliphatic carbocycles. The molecule has 1 amide bonds. The highest BCUT2D eigenvalue weighted by molar-refractivity contribution is 8.38. The number of aliphatic hydroxyl groups is 2. The molecule has 4 atom stereocenters. The minimum absolute atomic E-state index is 0.176. The van der Waals surface area contributed by atoms with Crippen molar-refractivity contribution in [2.75, 3.05) is 19.1 Å². The number of hydrogen-bond acceptors (Lipinski definition) is 8. The molecule has 0 radical (unpaired) electrons. The lowest BCUT2D eigenvalue weighted by atomic mass is 10.1. The first kappa shape index (κ1) is 21.8. The Hall–Kier alpha value is -1.85. The first-order valence-corrected chi connectivity index (χ1v) is 11.3. The molecule has 1 fully saturated rings. The maximum absolute atomic E-state index is 12.8. The van der Waals surface area contributed by atoms with Gasteiger partial charge in [0.25, 0.3) is 5.91 Å². The Kier molecular flexibility index (Phi) is 7.01. The number of para-hydroxylation sites is 1. The summed E-state index contributed by atoms with van der Waals surface area (Å²) in [5, 5.41) is 21.5. The van der Waals surface area contributed by atoms with Crippen molar-refractivity contribution in [3.05, 3.63) is 36.0 Å². The Morgan fingerprint density at radius 2 is 1.90 bits per heavy atom. The smallest absolute Gasteiger partial charge is 0.302 e. The third kappa shape index (κ3) is 4.51. The van der Waals surface area contributed by atoms with E-state index in [2.05, 4.69) is 4.99 Å². The minimum atomic E-state index is -1.26. The highest BCUT2D eigenvalue weighted by Gasteiger charge is 2.44. The van der Waals surface area contributed by atoms with Crippen LogP contribution in [-0.2, 0) is 14.3 Å². The number of aromatic nitrogens is 1. The van der Waals surface area contributed by atoms with Crippen LogP contribution in [0.2, 0.25) is 0 Å². The second kappa shape index (κ2) is 9.31. The number of benzene rings is 1. The first-order valence-electron chi connectivity index (χ1n) is 8.83. The largest absolute Gasteiger partial charge is 0.463 e. The third-order valence-electron chi connectivity index (χ3n) is 4.58. The molecule has 0 spiro atoms. The van der Waals surface area contributed by atoms with Crippen molar-refractivity contribution in [2.45, 2.75) is 31.5 Å². The van der Waals surface area contributed by atoms with E-state index in [1.807, 2.05) is 18.6 Å². The minimum Gasteiger partial charge on any atom is -0.463 e. The second-order valence-electron chi connectivity index (χ2n) is 6.41. The number of ether oxygens (including phenoxy) is 2. The zero-order valence-electron chi connectivity index (χ0n) is 16.1. The van der Waals surface area contributed by atoms with Crippen LogP contribution in [0.1, 0.15) is 23.5 Å². The number of aliphatic imine (C=N–C) groups is 1. The van der Waals surface area contributed by atoms with Crippen molar-refractivity contribution >= 4 is 50.7 Å². The number of fused-ring (bicyclic) bond motifs is 1. The molecule has 8 nitrogen and oxygen atoms in total. The molecule has 2 N–H and O–H groups in total. The third-order valence-corrected chi connectivity index (χ3v) is 6.46. The molecule has 156 valence electrons. The van der Waals surface area contributed by atoms with Gasteiger partial charge >= 0.3 is 5.97 Å². The van der Waals surface area contributed by atoms with E-state index in [1.165, 1.54) is 30.4 Å². The van der Waals surface area contributed by atoms with Crippen LogP contribution in [0.25, 0.3) is 10.9 Å². The SMILES string of the molecule is CSC(=NC(=O)c1cn(C2OC(COC(C)=O)C(O)C2O)c2ccccc12)SC. The number of rotatable bonds is 4. The lowest BCUT2D eigenvalue weighted by Gasteiger charge is -2.17. The maximum Gasteiger partial charge on any atom is 0.302 e. The number of esters is 1. The van der Waals surface area contributed by atoms with Crippen LogP contribution in [0, 0.1) is 0 Å². The van der Waals surface area contributed by atoms with Crippen LogP contribution < -0.4 is 0 Å². The fourth-order valence-corrected chi connectivity index (χ4v) is 4.21. The van der Waals surface area contributed by atoms with Gasteiger partial charge in [0.05, 0.1) is 11.1 Å². The van der Waals surface area contributed by atoms with Crippen LogP contribution in [0.3, 0.4) is 0 Å². The molecule has 4 unspecified atom stereocenters. The lowest BCUT2D eigenvalue weighted by molar-refractivity contribution is -0.147. The van der Waals surface area contributed by atoms with Crippen molar-refractivity contribution in [3.63, 3.8) is 0 Å². The Balaban J connectivity index is 1.97. The zero-order chi connectivity index (χ0) is 21.1. The number of aliphatic hydroxyl groups excluding tert-OH is 2. The molecule has 2 heterocycles. The highest BCUT2D eigenvalue weighted by Crippen LogP contribution is 2.34. The molecule has 1 aromatic heterocycles. The number of nitrogens with zero attached hydrogens (tertiary/aromatic N) is 2. The van der Waals surface area contributed by atoms with E-state index in [4.69, 9.17) is 9.47 Å². The lowest BCUT2D eigenvalue weighted by Crippen LogP contribution is -2.34. The van der Waals surface area contributed by atoms with Crippen molar-refractivity contribution < 1.29 is 29.3 Å². The average molecular weight is 439 g/mol. The van der Waals surface area contributed by atoms with Crippen molar-refractivity contribution in [1.29, 1.82) is 0 Å². The van der Waals surface area contributed by atoms with Gasteiger partial charge in [-0.15, -0.1) is 23.5 Å². The van der Waals surface area contributed by atoms with E-state index in [0.29, 0.717) is 20.8 Å². The van der Waals surface area contributed by atoms with Gasteiger partial charge in [0.1, 0.15) is 29.3 Å². The van der Waals surface area contributed by atoms with Gasteiger partial charge in [0, 0.05) is 18.5 Å². The van der Waals surface area contributed by atoms with Crippen LogP contribution in [0.5, 0.6) is 0 Å². The Labute approximate surface area is 176 Å². The summed E-state index contributed by atoms with van der Waals surface area (Å²) in [6, 6.07) is 7.20. The number of carbonyl (C=O) groups is 2. The summed E-state index contributed by atoms with van der Waals surface area (Å²) < 4.78 is 12.9. The van der Waals surface area contributed by atoms with E-state index in [1.54, 1.807) is 29.0 Å². The molecule has 1 aromatic carbocycles. The maximum atomic E-state index is 12.8. The number of amides is 1. The van der Waals surface area contributed by atoms with E-state index in [0.717, 1.165) is 0 Å².